The predicted molar refractivity (Wildman–Crippen MR) is 39.3 cm³/mol. The Labute approximate surface area is 73.7 Å². The number of rotatable bonds is 3. The molecule has 0 aromatic rings. The molecule has 1 aliphatic rings. The van der Waals surface area contributed by atoms with Gasteiger partial charge in [-0.1, -0.05) is 0 Å². The van der Waals surface area contributed by atoms with E-state index in [2.05, 4.69) is 24.2 Å². The van der Waals surface area contributed by atoms with Gasteiger partial charge in [-0.15, -0.1) is 0 Å². The minimum absolute atomic E-state index is 0. The van der Waals surface area contributed by atoms with E-state index in [4.69, 9.17) is 5.11 Å². The molecule has 3 nitrogen and oxygen atoms in total. The van der Waals surface area contributed by atoms with Crippen molar-refractivity contribution in [1.82, 2.24) is 4.90 Å². The highest BCUT2D eigenvalue weighted by Crippen LogP contribution is 1.87. The van der Waals surface area contributed by atoms with Crippen molar-refractivity contribution < 1.29 is 22.4 Å². The van der Waals surface area contributed by atoms with Gasteiger partial charge in [0.1, 0.15) is 6.20 Å². The molecule has 0 aromatic carbocycles. The van der Waals surface area contributed by atoms with E-state index in [0.717, 1.165) is 19.8 Å². The summed E-state index contributed by atoms with van der Waals surface area (Å²) in [4.78, 5) is 3.58. The third kappa shape index (κ3) is 3.10. The van der Waals surface area contributed by atoms with Gasteiger partial charge in [0.25, 0.3) is 0 Å². The molecule has 0 saturated heterocycles. The van der Waals surface area contributed by atoms with Crippen molar-refractivity contribution in [3.05, 3.63) is 12.4 Å². The molecule has 11 heavy (non-hydrogen) atoms. The van der Waals surface area contributed by atoms with Crippen LogP contribution in [0.4, 0.5) is 0 Å². The molecule has 0 spiro atoms. The van der Waals surface area contributed by atoms with E-state index >= 15 is 0 Å². The lowest BCUT2D eigenvalue weighted by Crippen LogP contribution is -3.06. The molecule has 0 bridgehead atoms. The van der Waals surface area contributed by atoms with Gasteiger partial charge in [0.05, 0.1) is 19.4 Å². The number of nitrogens with zero attached hydrogens (tertiary/aromatic N) is 1. The highest BCUT2D eigenvalue weighted by molar-refractivity contribution is 4.77. The van der Waals surface area contributed by atoms with Crippen LogP contribution in [-0.4, -0.2) is 36.4 Å². The van der Waals surface area contributed by atoms with Crippen LogP contribution < -0.4 is 17.3 Å². The Morgan fingerprint density at radius 3 is 2.82 bits per heavy atom. The lowest BCUT2D eigenvalue weighted by molar-refractivity contribution is -0.846. The van der Waals surface area contributed by atoms with Crippen LogP contribution in [0.25, 0.3) is 0 Å². The summed E-state index contributed by atoms with van der Waals surface area (Å²) in [7, 11) is 0. The SMILES string of the molecule is CC[NH+]1C=CN(CCO)C1.[Cl-]. The average Bonchev–Trinajstić information content (AvgIpc) is 2.37. The second-order valence-electron chi connectivity index (χ2n) is 2.52. The van der Waals surface area contributed by atoms with Crippen LogP contribution in [-0.2, 0) is 0 Å². The third-order valence-electron chi connectivity index (χ3n) is 1.77. The van der Waals surface area contributed by atoms with Crippen LogP contribution >= 0.6 is 0 Å². The van der Waals surface area contributed by atoms with Gasteiger partial charge in [-0.3, -0.25) is 4.90 Å². The zero-order valence-corrected chi connectivity index (χ0v) is 7.51. The maximum absolute atomic E-state index is 8.60. The first-order valence-corrected chi connectivity index (χ1v) is 3.74. The number of halogens is 1. The Kier molecular flexibility index (Phi) is 5.28. The quantitative estimate of drug-likeness (QED) is 0.457. The van der Waals surface area contributed by atoms with Crippen molar-refractivity contribution in [3.63, 3.8) is 0 Å². The Morgan fingerprint density at radius 1 is 1.64 bits per heavy atom. The van der Waals surface area contributed by atoms with Gasteiger partial charge in [0.2, 0.25) is 0 Å². The molecule has 1 heterocycles. The fourth-order valence-electron chi connectivity index (χ4n) is 1.09. The molecular weight excluding hydrogens is 164 g/mol. The van der Waals surface area contributed by atoms with Crippen molar-refractivity contribution in [1.29, 1.82) is 0 Å². The minimum Gasteiger partial charge on any atom is -1.00 e. The van der Waals surface area contributed by atoms with Gasteiger partial charge in [0, 0.05) is 6.54 Å². The Balaban J connectivity index is 0.000001000. The molecule has 0 aromatic heterocycles. The van der Waals surface area contributed by atoms with Gasteiger partial charge >= 0.3 is 0 Å². The maximum atomic E-state index is 8.60. The van der Waals surface area contributed by atoms with Crippen molar-refractivity contribution in [2.45, 2.75) is 6.92 Å². The molecule has 0 radical (unpaired) electrons. The zero-order chi connectivity index (χ0) is 7.40. The molecule has 1 aliphatic heterocycles. The molecule has 0 aliphatic carbocycles. The summed E-state index contributed by atoms with van der Waals surface area (Å²) in [5.41, 5.74) is 0. The lowest BCUT2D eigenvalue weighted by Gasteiger charge is -2.13. The number of nitrogens with one attached hydrogen (secondary N) is 1. The number of β-amino-alcohol motifs (C(OH)–C–C–N with tert-alkyl or cyclic N) is 1. The first-order chi connectivity index (χ1) is 4.86. The number of hydrogen-bond acceptors (Lipinski definition) is 2. The van der Waals surface area contributed by atoms with Crippen LogP contribution in [0.1, 0.15) is 6.92 Å². The number of aliphatic hydroxyl groups is 1. The standard InChI is InChI=1S/C7H14N2O.ClH/c1-2-8-3-4-9(7-8)5-6-10;/h3-4,10H,2,5-7H2,1H3;1H. The Hall–Kier alpha value is -0.250. The van der Waals surface area contributed by atoms with E-state index in [1.54, 1.807) is 0 Å². The van der Waals surface area contributed by atoms with Gasteiger partial charge in [-0.2, -0.15) is 0 Å². The van der Waals surface area contributed by atoms with E-state index in [9.17, 15) is 0 Å². The first kappa shape index (κ1) is 10.8. The zero-order valence-electron chi connectivity index (χ0n) is 6.76. The van der Waals surface area contributed by atoms with E-state index in [0.29, 0.717) is 0 Å². The predicted octanol–water partition coefficient (Wildman–Crippen LogP) is -4.37. The molecule has 66 valence electrons. The molecule has 1 unspecified atom stereocenters. The van der Waals surface area contributed by atoms with Crippen LogP contribution in [0.15, 0.2) is 12.4 Å². The average molecular weight is 179 g/mol. The first-order valence-electron chi connectivity index (χ1n) is 3.74. The monoisotopic (exact) mass is 178 g/mol. The summed E-state index contributed by atoms with van der Waals surface area (Å²) in [6.45, 7) is 5.30. The number of hydrogen-bond donors (Lipinski definition) is 2. The molecule has 4 heteroatoms. The minimum atomic E-state index is 0. The number of aliphatic hydroxyl groups excluding tert-OH is 1. The number of quaternary nitrogens is 1. The maximum Gasteiger partial charge on any atom is 0.157 e. The van der Waals surface area contributed by atoms with Crippen molar-refractivity contribution in [2.24, 2.45) is 0 Å². The third-order valence-corrected chi connectivity index (χ3v) is 1.77. The van der Waals surface area contributed by atoms with Gasteiger partial charge in [-0.25, -0.2) is 0 Å². The van der Waals surface area contributed by atoms with Crippen LogP contribution in [0.2, 0.25) is 0 Å². The van der Waals surface area contributed by atoms with E-state index in [1.165, 1.54) is 4.90 Å². The molecular formula is C7H15ClN2O. The summed E-state index contributed by atoms with van der Waals surface area (Å²) in [6, 6.07) is 0. The molecule has 2 N–H and O–H groups in total. The van der Waals surface area contributed by atoms with Gasteiger partial charge in [0.15, 0.2) is 6.67 Å². The highest BCUT2D eigenvalue weighted by Gasteiger charge is 2.13. The summed E-state index contributed by atoms with van der Waals surface area (Å²) >= 11 is 0. The molecule has 0 fully saturated rings. The van der Waals surface area contributed by atoms with Crippen molar-refractivity contribution >= 4 is 0 Å². The molecule has 0 amide bonds. The van der Waals surface area contributed by atoms with E-state index < -0.39 is 0 Å². The molecule has 0 saturated carbocycles. The lowest BCUT2D eigenvalue weighted by atomic mass is 10.6. The van der Waals surface area contributed by atoms with E-state index in [1.807, 2.05) is 0 Å². The van der Waals surface area contributed by atoms with Crippen molar-refractivity contribution in [3.8, 4) is 0 Å². The van der Waals surface area contributed by atoms with Crippen LogP contribution in [0.3, 0.4) is 0 Å². The Bertz CT molecular complexity index is 130. The largest absolute Gasteiger partial charge is 1.00 e. The summed E-state index contributed by atoms with van der Waals surface area (Å²) in [5, 5.41) is 8.60. The molecule has 1 atom stereocenters. The fraction of sp³-hybridized carbons (Fsp3) is 0.714. The topological polar surface area (TPSA) is 27.9 Å². The summed E-state index contributed by atoms with van der Waals surface area (Å²) in [5.74, 6) is 0. The van der Waals surface area contributed by atoms with Crippen LogP contribution in [0.5, 0.6) is 0 Å². The summed E-state index contributed by atoms with van der Waals surface area (Å²) in [6.07, 6.45) is 4.19. The fourth-order valence-corrected chi connectivity index (χ4v) is 1.09. The molecule has 1 rings (SSSR count). The Morgan fingerprint density at radius 2 is 2.36 bits per heavy atom. The van der Waals surface area contributed by atoms with Crippen molar-refractivity contribution in [2.75, 3.05) is 26.4 Å². The van der Waals surface area contributed by atoms with E-state index in [-0.39, 0.29) is 19.0 Å². The summed E-state index contributed by atoms with van der Waals surface area (Å²) < 4.78 is 0. The second-order valence-corrected chi connectivity index (χ2v) is 2.52. The van der Waals surface area contributed by atoms with Gasteiger partial charge < -0.3 is 22.4 Å². The second kappa shape index (κ2) is 5.41. The van der Waals surface area contributed by atoms with Crippen LogP contribution in [0, 0.1) is 0 Å². The van der Waals surface area contributed by atoms with Gasteiger partial charge in [-0.05, 0) is 6.92 Å². The highest BCUT2D eigenvalue weighted by atomic mass is 35.5. The normalized spacial score (nSPS) is 22.0. The smallest absolute Gasteiger partial charge is 0.157 e.